The van der Waals surface area contributed by atoms with Crippen LogP contribution < -0.4 is 0 Å². The van der Waals surface area contributed by atoms with Gasteiger partial charge in [-0.25, -0.2) is 0 Å². The van der Waals surface area contributed by atoms with E-state index in [2.05, 4.69) is 133 Å². The van der Waals surface area contributed by atoms with Crippen molar-refractivity contribution >= 4 is 28.4 Å². The van der Waals surface area contributed by atoms with Crippen LogP contribution in [-0.2, 0) is 23.3 Å². The van der Waals surface area contributed by atoms with Gasteiger partial charge in [0.2, 0.25) is 0 Å². The number of hydrogen-bond acceptors (Lipinski definition) is 0. The summed E-state index contributed by atoms with van der Waals surface area (Å²) in [5.41, 5.74) is 5.19. The molecule has 0 atom stereocenters. The van der Waals surface area contributed by atoms with E-state index in [1.54, 1.807) is 23.3 Å². The third-order valence-corrected chi connectivity index (χ3v) is 5.49. The molecule has 2 heteroatoms. The van der Waals surface area contributed by atoms with Crippen LogP contribution in [0.2, 0.25) is 0 Å². The molecular formula is C30H24SiZr. The molecule has 0 aromatic heterocycles. The van der Waals surface area contributed by atoms with E-state index < -0.39 is 0 Å². The van der Waals surface area contributed by atoms with Gasteiger partial charge in [-0.1, -0.05) is 96.1 Å². The molecule has 0 heterocycles. The molecular weight excluding hydrogens is 480 g/mol. The summed E-state index contributed by atoms with van der Waals surface area (Å²) in [7, 11) is 0. The van der Waals surface area contributed by atoms with E-state index in [4.69, 9.17) is 0 Å². The van der Waals surface area contributed by atoms with Crippen molar-refractivity contribution in [1.82, 2.24) is 0 Å². The van der Waals surface area contributed by atoms with E-state index in [9.17, 15) is 0 Å². The molecule has 0 saturated carbocycles. The Morgan fingerprint density at radius 1 is 0.531 bits per heavy atom. The monoisotopic (exact) mass is 502 g/mol. The van der Waals surface area contributed by atoms with Crippen LogP contribution in [-0.4, -0.2) is 6.88 Å². The van der Waals surface area contributed by atoms with Gasteiger partial charge < -0.3 is 0 Å². The number of hydrogen-bond donors (Lipinski definition) is 0. The molecule has 0 N–H and O–H groups in total. The molecule has 0 aliphatic heterocycles. The van der Waals surface area contributed by atoms with E-state index in [1.165, 1.54) is 43.8 Å². The Labute approximate surface area is 206 Å². The quantitative estimate of drug-likeness (QED) is 0.169. The standard InChI is InChI=1S/C21H15.C9H7.H2Si.Zr/c1-3-9-16(10-4-1)20-15-18-13-7-8-14-19(18)21(20)17-11-5-2-6-12-17;1-2-5-9-7-3-6-8(9)4-1;;/h1-15H;1-7H;1H2;/q2*-1;;+2. The molecule has 0 amide bonds. The summed E-state index contributed by atoms with van der Waals surface area (Å²) in [6.07, 6.45) is 0. The Kier molecular flexibility index (Phi) is 7.82. The van der Waals surface area contributed by atoms with Gasteiger partial charge in [-0.15, -0.1) is 63.7 Å². The Morgan fingerprint density at radius 3 is 1.78 bits per heavy atom. The van der Waals surface area contributed by atoms with Crippen LogP contribution in [0.25, 0.3) is 43.8 Å². The maximum Gasteiger partial charge on any atom is -0.0582 e. The van der Waals surface area contributed by atoms with Crippen LogP contribution in [0.15, 0.2) is 133 Å². The zero-order valence-electron chi connectivity index (χ0n) is 17.9. The minimum Gasteiger partial charge on any atom is -0.168 e. The summed E-state index contributed by atoms with van der Waals surface area (Å²) >= 11 is 1.58. The molecule has 152 valence electrons. The molecule has 0 unspecified atom stereocenters. The maximum absolute atomic E-state index is 2.30. The first-order valence-corrected chi connectivity index (χ1v) is 16.6. The molecule has 0 fully saturated rings. The largest absolute Gasteiger partial charge is 0.168 e. The summed E-state index contributed by atoms with van der Waals surface area (Å²) in [5, 5.41) is 5.28. The SMILES string of the molecule is [SiH2]=[Zr+2].c1ccc(-c2[cH-]c3ccccc3c2-c2ccccc2)cc1.c1ccc2[cH-]ccc2c1. The summed E-state index contributed by atoms with van der Waals surface area (Å²) in [6.45, 7) is 1.95. The van der Waals surface area contributed by atoms with Gasteiger partial charge in [0.15, 0.2) is 0 Å². The average molecular weight is 504 g/mol. The number of fused-ring (bicyclic) bond motifs is 2. The van der Waals surface area contributed by atoms with Crippen molar-refractivity contribution in [2.75, 3.05) is 0 Å². The van der Waals surface area contributed by atoms with Crippen LogP contribution in [0.4, 0.5) is 0 Å². The maximum atomic E-state index is 2.30. The molecule has 0 saturated heterocycles. The van der Waals surface area contributed by atoms with Crippen molar-refractivity contribution in [2.45, 2.75) is 0 Å². The molecule has 6 aromatic carbocycles. The summed E-state index contributed by atoms with van der Waals surface area (Å²) in [4.78, 5) is 0. The van der Waals surface area contributed by atoms with E-state index in [1.807, 2.05) is 6.88 Å². The van der Waals surface area contributed by atoms with Crippen LogP contribution >= 0.6 is 0 Å². The predicted octanol–water partition coefficient (Wildman–Crippen LogP) is 7.53. The zero-order valence-corrected chi connectivity index (χ0v) is 21.8. The first-order chi connectivity index (χ1) is 15.9. The van der Waals surface area contributed by atoms with E-state index >= 15 is 0 Å². The Morgan fingerprint density at radius 2 is 1.09 bits per heavy atom. The molecule has 0 aliphatic rings. The Balaban J connectivity index is 0.000000185. The topological polar surface area (TPSA) is 0 Å². The molecule has 0 spiro atoms. The van der Waals surface area contributed by atoms with Gasteiger partial charge in [-0.05, 0) is 0 Å². The van der Waals surface area contributed by atoms with Crippen molar-refractivity contribution < 1.29 is 23.3 Å². The molecule has 32 heavy (non-hydrogen) atoms. The second kappa shape index (κ2) is 11.2. The molecule has 6 aromatic rings. The fourth-order valence-electron chi connectivity index (χ4n) is 4.05. The molecule has 0 nitrogen and oxygen atoms in total. The predicted molar refractivity (Wildman–Crippen MR) is 138 cm³/mol. The summed E-state index contributed by atoms with van der Waals surface area (Å²) in [5.74, 6) is 0. The Hall–Kier alpha value is -2.80. The van der Waals surface area contributed by atoms with E-state index in [-0.39, 0.29) is 0 Å². The smallest absolute Gasteiger partial charge is 0.0582 e. The molecule has 0 radical (unpaired) electrons. The van der Waals surface area contributed by atoms with Crippen LogP contribution in [0.1, 0.15) is 0 Å². The number of rotatable bonds is 2. The zero-order chi connectivity index (χ0) is 22.2. The molecule has 0 bridgehead atoms. The molecule has 6 rings (SSSR count). The van der Waals surface area contributed by atoms with Gasteiger partial charge in [-0.3, -0.25) is 0 Å². The van der Waals surface area contributed by atoms with Crippen molar-refractivity contribution in [3.63, 3.8) is 0 Å². The summed E-state index contributed by atoms with van der Waals surface area (Å²) < 4.78 is 0. The summed E-state index contributed by atoms with van der Waals surface area (Å²) in [6, 6.07) is 46.9. The number of benzene rings is 4. The van der Waals surface area contributed by atoms with Gasteiger partial charge in [0.05, 0.1) is 0 Å². The van der Waals surface area contributed by atoms with Gasteiger partial charge >= 0.3 is 30.2 Å². The van der Waals surface area contributed by atoms with Crippen molar-refractivity contribution in [3.05, 3.63) is 133 Å². The normalized spacial score (nSPS) is 10.2. The third-order valence-electron chi connectivity index (χ3n) is 5.49. The fourth-order valence-corrected chi connectivity index (χ4v) is 4.05. The van der Waals surface area contributed by atoms with E-state index in [0.717, 1.165) is 0 Å². The first kappa shape index (κ1) is 22.4. The van der Waals surface area contributed by atoms with Crippen molar-refractivity contribution in [3.8, 4) is 22.3 Å². The average Bonchev–Trinajstić information content (AvgIpc) is 3.52. The first-order valence-electron chi connectivity index (χ1n) is 10.7. The second-order valence-electron chi connectivity index (χ2n) is 7.41. The molecule has 0 aliphatic carbocycles. The van der Waals surface area contributed by atoms with Gasteiger partial charge in [-0.2, -0.15) is 17.5 Å². The minimum absolute atomic E-state index is 1.27. The van der Waals surface area contributed by atoms with E-state index in [0.29, 0.717) is 0 Å². The fraction of sp³-hybridized carbons (Fsp3) is 0. The minimum atomic E-state index is 1.27. The van der Waals surface area contributed by atoms with Crippen LogP contribution in [0.3, 0.4) is 0 Å². The van der Waals surface area contributed by atoms with Crippen molar-refractivity contribution in [1.29, 1.82) is 0 Å². The second-order valence-corrected chi connectivity index (χ2v) is 7.41. The van der Waals surface area contributed by atoms with Gasteiger partial charge in [0.1, 0.15) is 0 Å². The van der Waals surface area contributed by atoms with Crippen LogP contribution in [0, 0.1) is 0 Å². The third kappa shape index (κ3) is 4.99. The Bertz CT molecular complexity index is 1360. The van der Waals surface area contributed by atoms with Gasteiger partial charge in [0.25, 0.3) is 0 Å². The van der Waals surface area contributed by atoms with Gasteiger partial charge in [0, 0.05) is 0 Å². The van der Waals surface area contributed by atoms with Crippen molar-refractivity contribution in [2.24, 2.45) is 0 Å². The van der Waals surface area contributed by atoms with Crippen LogP contribution in [0.5, 0.6) is 0 Å².